The van der Waals surface area contributed by atoms with Crippen LogP contribution in [0, 0.1) is 11.2 Å². The molecule has 0 bridgehead atoms. The lowest BCUT2D eigenvalue weighted by atomic mass is 9.92. The normalized spacial score (nSPS) is 11.4. The first-order valence-corrected chi connectivity index (χ1v) is 6.94. The maximum atomic E-state index is 14.0. The van der Waals surface area contributed by atoms with Gasteiger partial charge >= 0.3 is 0 Å². The molecule has 0 aliphatic rings. The molecule has 0 aromatic heterocycles. The van der Waals surface area contributed by atoms with E-state index in [9.17, 15) is 4.39 Å². The van der Waals surface area contributed by atoms with Gasteiger partial charge in [-0.2, -0.15) is 0 Å². The third kappa shape index (κ3) is 4.21. The van der Waals surface area contributed by atoms with Crippen molar-refractivity contribution in [2.45, 2.75) is 27.2 Å². The fourth-order valence-electron chi connectivity index (χ4n) is 1.45. The SMILES string of the molecule is CC(C)(C)CCNc1ccc(C(N)=S)c(Br)c1F. The van der Waals surface area contributed by atoms with Gasteiger partial charge in [0.25, 0.3) is 0 Å². The van der Waals surface area contributed by atoms with E-state index in [1.54, 1.807) is 12.1 Å². The Labute approximate surface area is 121 Å². The van der Waals surface area contributed by atoms with E-state index in [4.69, 9.17) is 18.0 Å². The van der Waals surface area contributed by atoms with Crippen LogP contribution in [0.1, 0.15) is 32.8 Å². The maximum absolute atomic E-state index is 14.0. The zero-order chi connectivity index (χ0) is 13.9. The van der Waals surface area contributed by atoms with Gasteiger partial charge in [0, 0.05) is 12.1 Å². The van der Waals surface area contributed by atoms with E-state index in [2.05, 4.69) is 42.0 Å². The topological polar surface area (TPSA) is 38.0 Å². The average Bonchev–Trinajstić information content (AvgIpc) is 2.22. The summed E-state index contributed by atoms with van der Waals surface area (Å²) in [6.07, 6.45) is 0.959. The number of hydrogen-bond donors (Lipinski definition) is 2. The van der Waals surface area contributed by atoms with E-state index in [-0.39, 0.29) is 16.2 Å². The fraction of sp³-hybridized carbons (Fsp3) is 0.462. The molecule has 0 spiro atoms. The molecular weight excluding hydrogens is 315 g/mol. The van der Waals surface area contributed by atoms with Crippen molar-refractivity contribution >= 4 is 38.8 Å². The molecular formula is C13H18BrFN2S. The van der Waals surface area contributed by atoms with Crippen molar-refractivity contribution in [3.05, 3.63) is 28.0 Å². The summed E-state index contributed by atoms with van der Waals surface area (Å²) < 4.78 is 14.3. The molecule has 0 heterocycles. The molecule has 0 saturated carbocycles. The highest BCUT2D eigenvalue weighted by Gasteiger charge is 2.14. The number of benzene rings is 1. The molecule has 0 fully saturated rings. The summed E-state index contributed by atoms with van der Waals surface area (Å²) in [6.45, 7) is 7.17. The third-order valence-corrected chi connectivity index (χ3v) is 3.53. The van der Waals surface area contributed by atoms with E-state index in [1.807, 2.05) is 0 Å². The van der Waals surface area contributed by atoms with Crippen molar-refractivity contribution in [1.29, 1.82) is 0 Å². The van der Waals surface area contributed by atoms with E-state index < -0.39 is 0 Å². The van der Waals surface area contributed by atoms with Crippen LogP contribution in [0.2, 0.25) is 0 Å². The van der Waals surface area contributed by atoms with Gasteiger partial charge in [-0.05, 0) is 39.9 Å². The first-order valence-electron chi connectivity index (χ1n) is 5.74. The van der Waals surface area contributed by atoms with Crippen molar-refractivity contribution in [3.63, 3.8) is 0 Å². The summed E-state index contributed by atoms with van der Waals surface area (Å²) in [7, 11) is 0. The Hall–Kier alpha value is -0.680. The first kappa shape index (κ1) is 15.4. The van der Waals surface area contributed by atoms with E-state index in [0.717, 1.165) is 13.0 Å². The summed E-state index contributed by atoms with van der Waals surface area (Å²) >= 11 is 8.03. The monoisotopic (exact) mass is 332 g/mol. The van der Waals surface area contributed by atoms with Crippen LogP contribution in [0.3, 0.4) is 0 Å². The van der Waals surface area contributed by atoms with E-state index >= 15 is 0 Å². The van der Waals surface area contributed by atoms with Crippen LogP contribution in [0.25, 0.3) is 0 Å². The van der Waals surface area contributed by atoms with E-state index in [1.165, 1.54) is 0 Å². The zero-order valence-corrected chi connectivity index (χ0v) is 13.2. The zero-order valence-electron chi connectivity index (χ0n) is 10.8. The van der Waals surface area contributed by atoms with Crippen LogP contribution in [0.15, 0.2) is 16.6 Å². The molecule has 1 aromatic rings. The highest BCUT2D eigenvalue weighted by molar-refractivity contribution is 9.10. The Morgan fingerprint density at radius 2 is 2.06 bits per heavy atom. The van der Waals surface area contributed by atoms with Gasteiger partial charge in [-0.3, -0.25) is 0 Å². The van der Waals surface area contributed by atoms with Gasteiger partial charge in [-0.25, -0.2) is 4.39 Å². The Bertz CT molecular complexity index is 455. The van der Waals surface area contributed by atoms with Crippen LogP contribution < -0.4 is 11.1 Å². The predicted molar refractivity (Wildman–Crippen MR) is 82.5 cm³/mol. The number of anilines is 1. The second-order valence-electron chi connectivity index (χ2n) is 5.39. The number of hydrogen-bond acceptors (Lipinski definition) is 2. The summed E-state index contributed by atoms with van der Waals surface area (Å²) in [5, 5.41) is 3.09. The first-order chi connectivity index (χ1) is 8.22. The summed E-state index contributed by atoms with van der Waals surface area (Å²) in [5.74, 6) is -0.353. The summed E-state index contributed by atoms with van der Waals surface area (Å²) in [5.41, 5.74) is 6.71. The molecule has 18 heavy (non-hydrogen) atoms. The van der Waals surface area contributed by atoms with Gasteiger partial charge in [-0.15, -0.1) is 0 Å². The molecule has 0 amide bonds. The fourth-order valence-corrected chi connectivity index (χ4v) is 2.31. The number of nitrogens with two attached hydrogens (primary N) is 1. The lowest BCUT2D eigenvalue weighted by Crippen LogP contribution is -2.15. The molecule has 2 nitrogen and oxygen atoms in total. The van der Waals surface area contributed by atoms with E-state index in [0.29, 0.717) is 15.7 Å². The standard InChI is InChI=1S/C13H18BrFN2S/c1-13(2,3)6-7-17-9-5-4-8(12(16)18)10(14)11(9)15/h4-5,17H,6-7H2,1-3H3,(H2,16,18). The minimum Gasteiger partial charge on any atom is -0.389 e. The molecule has 0 atom stereocenters. The Morgan fingerprint density at radius 1 is 1.44 bits per heavy atom. The van der Waals surface area contributed by atoms with Crippen molar-refractivity contribution in [1.82, 2.24) is 0 Å². The Kier molecular flexibility index (Phi) is 5.10. The van der Waals surface area contributed by atoms with Crippen molar-refractivity contribution < 1.29 is 4.39 Å². The average molecular weight is 333 g/mol. The summed E-state index contributed by atoms with van der Waals surface area (Å²) in [4.78, 5) is 0.182. The molecule has 1 aromatic carbocycles. The lowest BCUT2D eigenvalue weighted by Gasteiger charge is -2.19. The summed E-state index contributed by atoms with van der Waals surface area (Å²) in [6, 6.07) is 3.38. The van der Waals surface area contributed by atoms with Crippen molar-refractivity contribution in [2.24, 2.45) is 11.1 Å². The molecule has 0 saturated heterocycles. The molecule has 0 unspecified atom stereocenters. The smallest absolute Gasteiger partial charge is 0.161 e. The number of halogens is 2. The number of rotatable bonds is 4. The van der Waals surface area contributed by atoms with Crippen LogP contribution in [-0.2, 0) is 0 Å². The van der Waals surface area contributed by atoms with Crippen molar-refractivity contribution in [3.8, 4) is 0 Å². The predicted octanol–water partition coefficient (Wildman–Crippen LogP) is 4.07. The molecule has 100 valence electrons. The third-order valence-electron chi connectivity index (χ3n) is 2.54. The quantitative estimate of drug-likeness (QED) is 0.816. The largest absolute Gasteiger partial charge is 0.389 e. The number of thiocarbonyl (C=S) groups is 1. The molecule has 0 aliphatic heterocycles. The van der Waals surface area contributed by atoms with Gasteiger partial charge in [0.2, 0.25) is 0 Å². The Morgan fingerprint density at radius 3 is 2.56 bits per heavy atom. The highest BCUT2D eigenvalue weighted by atomic mass is 79.9. The highest BCUT2D eigenvalue weighted by Crippen LogP contribution is 2.27. The van der Waals surface area contributed by atoms with Gasteiger partial charge in [0.1, 0.15) is 4.99 Å². The van der Waals surface area contributed by atoms with Gasteiger partial charge < -0.3 is 11.1 Å². The van der Waals surface area contributed by atoms with Crippen LogP contribution in [-0.4, -0.2) is 11.5 Å². The molecule has 0 radical (unpaired) electrons. The minimum atomic E-state index is -0.353. The molecule has 3 N–H and O–H groups in total. The van der Waals surface area contributed by atoms with Gasteiger partial charge in [-0.1, -0.05) is 33.0 Å². The van der Waals surface area contributed by atoms with Crippen LogP contribution >= 0.6 is 28.1 Å². The lowest BCUT2D eigenvalue weighted by molar-refractivity contribution is 0.389. The molecule has 1 rings (SSSR count). The van der Waals surface area contributed by atoms with Crippen LogP contribution in [0.5, 0.6) is 0 Å². The number of nitrogens with one attached hydrogen (secondary N) is 1. The van der Waals surface area contributed by atoms with Crippen LogP contribution in [0.4, 0.5) is 10.1 Å². The van der Waals surface area contributed by atoms with Gasteiger partial charge in [0.05, 0.1) is 10.2 Å². The molecule has 0 aliphatic carbocycles. The minimum absolute atomic E-state index is 0.182. The van der Waals surface area contributed by atoms with Crippen molar-refractivity contribution in [2.75, 3.05) is 11.9 Å². The molecule has 5 heteroatoms. The Balaban J connectivity index is 2.80. The second kappa shape index (κ2) is 5.97. The van der Waals surface area contributed by atoms with Gasteiger partial charge in [0.15, 0.2) is 5.82 Å². The maximum Gasteiger partial charge on any atom is 0.161 e. The second-order valence-corrected chi connectivity index (χ2v) is 6.62.